The molecule has 0 heterocycles. The Morgan fingerprint density at radius 1 is 1.03 bits per heavy atom. The van der Waals surface area contributed by atoms with Gasteiger partial charge in [-0.1, -0.05) is 46.9 Å². The zero-order chi connectivity index (χ0) is 25.8. The van der Waals surface area contributed by atoms with Crippen LogP contribution in [0.1, 0.15) is 31.9 Å². The van der Waals surface area contributed by atoms with E-state index in [9.17, 15) is 18.0 Å². The summed E-state index contributed by atoms with van der Waals surface area (Å²) >= 11 is 18.7. The molecule has 1 atom stereocenters. The summed E-state index contributed by atoms with van der Waals surface area (Å²) in [6.45, 7) is 6.26. The Labute approximate surface area is 216 Å². The van der Waals surface area contributed by atoms with Crippen LogP contribution in [-0.4, -0.2) is 50.0 Å². The zero-order valence-electron chi connectivity index (χ0n) is 19.6. The average molecular weight is 549 g/mol. The molecule has 0 radical (unpaired) electrons. The highest BCUT2D eigenvalue weighted by molar-refractivity contribution is 7.92. The van der Waals surface area contributed by atoms with E-state index in [4.69, 9.17) is 34.8 Å². The van der Waals surface area contributed by atoms with Crippen LogP contribution >= 0.6 is 34.8 Å². The summed E-state index contributed by atoms with van der Waals surface area (Å²) in [6, 6.07) is 8.62. The van der Waals surface area contributed by atoms with Gasteiger partial charge < -0.3 is 10.2 Å². The summed E-state index contributed by atoms with van der Waals surface area (Å²) < 4.78 is 26.3. The fourth-order valence-corrected chi connectivity index (χ4v) is 4.87. The van der Waals surface area contributed by atoms with E-state index >= 15 is 0 Å². The molecule has 0 aromatic heterocycles. The molecule has 0 aliphatic heterocycles. The number of carbonyl (C=O) groups excluding carboxylic acids is 2. The van der Waals surface area contributed by atoms with Crippen LogP contribution in [0.4, 0.5) is 5.69 Å². The van der Waals surface area contributed by atoms with E-state index in [2.05, 4.69) is 5.32 Å². The predicted molar refractivity (Wildman–Crippen MR) is 138 cm³/mol. The van der Waals surface area contributed by atoms with Crippen molar-refractivity contribution in [3.05, 3.63) is 62.6 Å². The lowest BCUT2D eigenvalue weighted by Gasteiger charge is -2.32. The van der Waals surface area contributed by atoms with Gasteiger partial charge in [0.2, 0.25) is 21.8 Å². The van der Waals surface area contributed by atoms with E-state index in [1.165, 1.54) is 11.0 Å². The molecule has 0 aliphatic rings. The Balaban J connectivity index is 2.50. The number of rotatable bonds is 9. The largest absolute Gasteiger partial charge is 0.352 e. The lowest BCUT2D eigenvalue weighted by Crippen LogP contribution is -2.52. The molecule has 1 N–H and O–H groups in total. The van der Waals surface area contributed by atoms with Crippen molar-refractivity contribution in [1.82, 2.24) is 10.2 Å². The maximum absolute atomic E-state index is 13.5. The topological polar surface area (TPSA) is 86.8 Å². The summed E-state index contributed by atoms with van der Waals surface area (Å²) in [4.78, 5) is 27.6. The quantitative estimate of drug-likeness (QED) is 0.494. The van der Waals surface area contributed by atoms with Gasteiger partial charge in [-0.15, -0.1) is 0 Å². The smallest absolute Gasteiger partial charge is 0.244 e. The molecule has 7 nitrogen and oxygen atoms in total. The molecule has 0 bridgehead atoms. The Bertz CT molecular complexity index is 1150. The molecule has 186 valence electrons. The molecule has 2 aromatic rings. The first-order valence-corrected chi connectivity index (χ1v) is 13.5. The number of benzene rings is 2. The molecule has 11 heteroatoms. The number of carbonyl (C=O) groups is 2. The van der Waals surface area contributed by atoms with Gasteiger partial charge in [0, 0.05) is 33.2 Å². The van der Waals surface area contributed by atoms with Crippen molar-refractivity contribution in [2.24, 2.45) is 0 Å². The van der Waals surface area contributed by atoms with Gasteiger partial charge in [0.1, 0.15) is 12.6 Å². The third-order valence-electron chi connectivity index (χ3n) is 5.11. The van der Waals surface area contributed by atoms with E-state index in [0.717, 1.165) is 10.6 Å². The number of sulfonamides is 1. The SMILES string of the molecule is Cc1ccc(Cl)cc1N(CC(=O)N(Cc1c(Cl)cccc1Cl)[C@@H](C)C(=O)NC(C)C)S(C)(=O)=O. The highest BCUT2D eigenvalue weighted by Crippen LogP contribution is 2.29. The van der Waals surface area contributed by atoms with Crippen molar-refractivity contribution in [2.45, 2.75) is 46.3 Å². The van der Waals surface area contributed by atoms with E-state index in [1.807, 2.05) is 0 Å². The number of halogens is 3. The third kappa shape index (κ3) is 7.25. The van der Waals surface area contributed by atoms with Gasteiger partial charge >= 0.3 is 0 Å². The molecular formula is C23H28Cl3N3O4S. The first-order valence-electron chi connectivity index (χ1n) is 10.5. The number of anilines is 1. The second-order valence-corrected chi connectivity index (χ2v) is 11.4. The Kier molecular flexibility index (Phi) is 9.65. The number of hydrogen-bond acceptors (Lipinski definition) is 4. The fourth-order valence-electron chi connectivity index (χ4n) is 3.29. The minimum Gasteiger partial charge on any atom is -0.352 e. The Hall–Kier alpha value is -2.00. The van der Waals surface area contributed by atoms with Crippen molar-refractivity contribution < 1.29 is 18.0 Å². The predicted octanol–water partition coefficient (Wildman–Crippen LogP) is 4.66. The van der Waals surface area contributed by atoms with Gasteiger partial charge in [-0.2, -0.15) is 0 Å². The first-order chi connectivity index (χ1) is 15.7. The molecule has 0 saturated carbocycles. The van der Waals surface area contributed by atoms with Crippen molar-refractivity contribution in [3.8, 4) is 0 Å². The molecule has 34 heavy (non-hydrogen) atoms. The summed E-state index contributed by atoms with van der Waals surface area (Å²) in [5.41, 5.74) is 1.35. The molecule has 2 rings (SSSR count). The molecule has 0 spiro atoms. The van der Waals surface area contributed by atoms with Gasteiger partial charge in [-0.05, 0) is 57.5 Å². The minimum atomic E-state index is -3.87. The summed E-state index contributed by atoms with van der Waals surface area (Å²) in [5, 5.41) is 3.75. The van der Waals surface area contributed by atoms with Crippen LogP contribution in [-0.2, 0) is 26.2 Å². The summed E-state index contributed by atoms with van der Waals surface area (Å²) in [7, 11) is -3.87. The van der Waals surface area contributed by atoms with Crippen LogP contribution in [0.3, 0.4) is 0 Å². The van der Waals surface area contributed by atoms with Gasteiger partial charge in [0.15, 0.2) is 0 Å². The summed E-state index contributed by atoms with van der Waals surface area (Å²) in [6.07, 6.45) is 1.00. The molecule has 0 fully saturated rings. The average Bonchev–Trinajstić information content (AvgIpc) is 2.72. The number of nitrogens with zero attached hydrogens (tertiary/aromatic N) is 2. The number of amides is 2. The zero-order valence-corrected chi connectivity index (χ0v) is 22.7. The van der Waals surface area contributed by atoms with E-state index < -0.39 is 34.4 Å². The van der Waals surface area contributed by atoms with Crippen molar-refractivity contribution in [2.75, 3.05) is 17.1 Å². The van der Waals surface area contributed by atoms with E-state index in [1.54, 1.807) is 58.0 Å². The minimum absolute atomic E-state index is 0.0872. The van der Waals surface area contributed by atoms with Crippen molar-refractivity contribution in [1.29, 1.82) is 0 Å². The standard InChI is InChI=1S/C23H28Cl3N3O4S/c1-14(2)27-23(31)16(4)28(12-18-19(25)7-6-8-20(18)26)22(30)13-29(34(5,32)33)21-11-17(24)10-9-15(21)3/h6-11,14,16H,12-13H2,1-5H3,(H,27,31)/t16-/m0/s1. The summed E-state index contributed by atoms with van der Waals surface area (Å²) in [5.74, 6) is -0.997. The van der Waals surface area contributed by atoms with E-state index in [-0.39, 0.29) is 18.3 Å². The number of nitrogens with one attached hydrogen (secondary N) is 1. The second kappa shape index (κ2) is 11.6. The maximum atomic E-state index is 13.5. The van der Waals surface area contributed by atoms with Crippen LogP contribution in [0.2, 0.25) is 15.1 Å². The third-order valence-corrected chi connectivity index (χ3v) is 7.18. The monoisotopic (exact) mass is 547 g/mol. The Morgan fingerprint density at radius 3 is 2.15 bits per heavy atom. The van der Waals surface area contributed by atoms with Crippen molar-refractivity contribution >= 4 is 62.3 Å². The highest BCUT2D eigenvalue weighted by atomic mass is 35.5. The van der Waals surface area contributed by atoms with Crippen LogP contribution in [0, 0.1) is 6.92 Å². The number of hydrogen-bond donors (Lipinski definition) is 1. The molecular weight excluding hydrogens is 521 g/mol. The van der Waals surface area contributed by atoms with Crippen LogP contribution in [0.15, 0.2) is 36.4 Å². The van der Waals surface area contributed by atoms with Gasteiger partial charge in [-0.3, -0.25) is 13.9 Å². The van der Waals surface area contributed by atoms with Crippen molar-refractivity contribution in [3.63, 3.8) is 0 Å². The fraction of sp³-hybridized carbons (Fsp3) is 0.391. The van der Waals surface area contributed by atoms with Crippen LogP contribution in [0.25, 0.3) is 0 Å². The maximum Gasteiger partial charge on any atom is 0.244 e. The van der Waals surface area contributed by atoms with Crippen LogP contribution in [0.5, 0.6) is 0 Å². The second-order valence-electron chi connectivity index (χ2n) is 8.26. The van der Waals surface area contributed by atoms with Gasteiger partial charge in [0.05, 0.1) is 11.9 Å². The lowest BCUT2D eigenvalue weighted by molar-refractivity contribution is -0.139. The molecule has 0 aliphatic carbocycles. The van der Waals surface area contributed by atoms with Crippen LogP contribution < -0.4 is 9.62 Å². The normalized spacial score (nSPS) is 12.4. The molecule has 0 saturated heterocycles. The van der Waals surface area contributed by atoms with Gasteiger partial charge in [-0.25, -0.2) is 8.42 Å². The molecule has 2 aromatic carbocycles. The highest BCUT2D eigenvalue weighted by Gasteiger charge is 2.31. The molecule has 2 amide bonds. The Morgan fingerprint density at radius 2 is 1.62 bits per heavy atom. The first kappa shape index (κ1) is 28.2. The van der Waals surface area contributed by atoms with E-state index in [0.29, 0.717) is 26.2 Å². The number of aryl methyl sites for hydroxylation is 1. The van der Waals surface area contributed by atoms with Gasteiger partial charge in [0.25, 0.3) is 0 Å². The lowest BCUT2D eigenvalue weighted by atomic mass is 10.1. The molecule has 0 unspecified atom stereocenters.